The molecule has 0 N–H and O–H groups in total. The van der Waals surface area contributed by atoms with Crippen molar-refractivity contribution >= 4 is 29.8 Å². The molecule has 0 radical (unpaired) electrons. The van der Waals surface area contributed by atoms with Gasteiger partial charge in [0.1, 0.15) is 18.1 Å². The Bertz CT molecular complexity index is 801. The fourth-order valence-electron chi connectivity index (χ4n) is 2.35. The molecule has 0 unspecified atom stereocenters. The number of carbonyl (C=O) groups is 1. The number of nitrogens with zero attached hydrogens (tertiary/aromatic N) is 4. The summed E-state index contributed by atoms with van der Waals surface area (Å²) in [5.74, 6) is -0.197. The van der Waals surface area contributed by atoms with Crippen LogP contribution in [0.4, 0.5) is 4.39 Å². The van der Waals surface area contributed by atoms with E-state index >= 15 is 0 Å². The summed E-state index contributed by atoms with van der Waals surface area (Å²) in [6, 6.07) is 4.59. The van der Waals surface area contributed by atoms with Gasteiger partial charge >= 0.3 is 5.97 Å². The molecule has 2 aromatic rings. The number of aromatic nitrogens is 3. The van der Waals surface area contributed by atoms with Gasteiger partial charge in [-0.3, -0.25) is 9.69 Å². The SMILES string of the molecule is CCOC(=O)Cc1nn(CN(C)Cc2c(F)cccc2Cl)c(=S)n1C. The first kappa shape index (κ1) is 19.6. The lowest BCUT2D eigenvalue weighted by molar-refractivity contribution is -0.142. The highest BCUT2D eigenvalue weighted by Gasteiger charge is 2.15. The Morgan fingerprint density at radius 2 is 2.20 bits per heavy atom. The molecule has 0 aliphatic carbocycles. The topological polar surface area (TPSA) is 52.3 Å². The monoisotopic (exact) mass is 386 g/mol. The van der Waals surface area contributed by atoms with Crippen LogP contribution in [0.1, 0.15) is 18.3 Å². The van der Waals surface area contributed by atoms with Gasteiger partial charge in [0, 0.05) is 24.2 Å². The third-order valence-electron chi connectivity index (χ3n) is 3.60. The van der Waals surface area contributed by atoms with E-state index in [4.69, 9.17) is 28.6 Å². The number of benzene rings is 1. The Morgan fingerprint density at radius 1 is 1.48 bits per heavy atom. The van der Waals surface area contributed by atoms with Gasteiger partial charge in [-0.05, 0) is 38.3 Å². The molecule has 0 bridgehead atoms. The molecular weight excluding hydrogens is 367 g/mol. The van der Waals surface area contributed by atoms with Gasteiger partial charge in [0.05, 0.1) is 13.3 Å². The van der Waals surface area contributed by atoms with Crippen molar-refractivity contribution in [3.8, 4) is 0 Å². The summed E-state index contributed by atoms with van der Waals surface area (Å²) in [7, 11) is 3.55. The quantitative estimate of drug-likeness (QED) is 0.541. The van der Waals surface area contributed by atoms with E-state index in [1.54, 1.807) is 35.4 Å². The van der Waals surface area contributed by atoms with E-state index < -0.39 is 0 Å². The highest BCUT2D eigenvalue weighted by molar-refractivity contribution is 7.71. The first-order valence-electron chi connectivity index (χ1n) is 7.73. The molecule has 1 heterocycles. The van der Waals surface area contributed by atoms with Crippen LogP contribution >= 0.6 is 23.8 Å². The minimum atomic E-state index is -0.357. The third-order valence-corrected chi connectivity index (χ3v) is 4.44. The molecule has 0 fully saturated rings. The van der Waals surface area contributed by atoms with Gasteiger partial charge < -0.3 is 9.30 Å². The molecule has 0 aliphatic rings. The molecule has 136 valence electrons. The first-order valence-corrected chi connectivity index (χ1v) is 8.51. The molecule has 2 rings (SSSR count). The van der Waals surface area contributed by atoms with Crippen molar-refractivity contribution in [2.24, 2.45) is 7.05 Å². The van der Waals surface area contributed by atoms with Crippen molar-refractivity contribution in [2.75, 3.05) is 13.7 Å². The van der Waals surface area contributed by atoms with E-state index in [1.165, 1.54) is 6.07 Å². The molecule has 0 saturated heterocycles. The Labute approximate surface area is 155 Å². The maximum absolute atomic E-state index is 13.9. The second kappa shape index (κ2) is 8.55. The molecule has 9 heteroatoms. The second-order valence-corrected chi connectivity index (χ2v) is 6.37. The summed E-state index contributed by atoms with van der Waals surface area (Å²) in [4.78, 5) is 13.5. The van der Waals surface area contributed by atoms with Gasteiger partial charge in [0.15, 0.2) is 4.77 Å². The fraction of sp³-hybridized carbons (Fsp3) is 0.438. The fourth-order valence-corrected chi connectivity index (χ4v) is 2.78. The normalized spacial score (nSPS) is 11.1. The average molecular weight is 387 g/mol. The molecular formula is C16H20ClFN4O2S. The number of hydrogen-bond donors (Lipinski definition) is 0. The number of rotatable bonds is 7. The Hall–Kier alpha value is -1.77. The van der Waals surface area contributed by atoms with Gasteiger partial charge in [0.2, 0.25) is 0 Å². The molecule has 0 aliphatic heterocycles. The predicted molar refractivity (Wildman–Crippen MR) is 95.2 cm³/mol. The highest BCUT2D eigenvalue weighted by atomic mass is 35.5. The zero-order valence-electron chi connectivity index (χ0n) is 14.3. The van der Waals surface area contributed by atoms with Crippen LogP contribution < -0.4 is 0 Å². The van der Waals surface area contributed by atoms with Gasteiger partial charge in [-0.15, -0.1) is 0 Å². The van der Waals surface area contributed by atoms with Crippen LogP contribution in [-0.4, -0.2) is 38.9 Å². The summed E-state index contributed by atoms with van der Waals surface area (Å²) in [6.07, 6.45) is 0.0455. The summed E-state index contributed by atoms with van der Waals surface area (Å²) in [5.41, 5.74) is 0.417. The van der Waals surface area contributed by atoms with E-state index in [0.29, 0.717) is 41.0 Å². The molecule has 6 nitrogen and oxygen atoms in total. The lowest BCUT2D eigenvalue weighted by Gasteiger charge is -2.17. The first-order chi connectivity index (χ1) is 11.8. The van der Waals surface area contributed by atoms with Crippen LogP contribution in [0.2, 0.25) is 5.02 Å². The van der Waals surface area contributed by atoms with Crippen LogP contribution in [0.3, 0.4) is 0 Å². The average Bonchev–Trinajstić information content (AvgIpc) is 2.79. The Morgan fingerprint density at radius 3 is 2.84 bits per heavy atom. The largest absolute Gasteiger partial charge is 0.466 e. The zero-order chi connectivity index (χ0) is 18.6. The van der Waals surface area contributed by atoms with Gasteiger partial charge in [-0.25, -0.2) is 9.07 Å². The lowest BCUT2D eigenvalue weighted by atomic mass is 10.2. The van der Waals surface area contributed by atoms with E-state index in [9.17, 15) is 9.18 Å². The minimum Gasteiger partial charge on any atom is -0.466 e. The number of halogens is 2. The van der Waals surface area contributed by atoms with Gasteiger partial charge in [-0.1, -0.05) is 17.7 Å². The summed E-state index contributed by atoms with van der Waals surface area (Å²) in [5, 5.41) is 4.74. The second-order valence-electron chi connectivity index (χ2n) is 5.59. The number of hydrogen-bond acceptors (Lipinski definition) is 5. The van der Waals surface area contributed by atoms with E-state index in [0.717, 1.165) is 0 Å². The van der Waals surface area contributed by atoms with E-state index in [1.807, 2.05) is 11.9 Å². The smallest absolute Gasteiger partial charge is 0.313 e. The van der Waals surface area contributed by atoms with E-state index in [2.05, 4.69) is 5.10 Å². The summed E-state index contributed by atoms with van der Waals surface area (Å²) >= 11 is 11.4. The molecule has 0 saturated carbocycles. The lowest BCUT2D eigenvalue weighted by Crippen LogP contribution is -2.23. The third kappa shape index (κ3) is 4.87. The number of esters is 1. The van der Waals surface area contributed by atoms with Crippen LogP contribution in [0, 0.1) is 10.6 Å². The van der Waals surface area contributed by atoms with Crippen LogP contribution in [0.5, 0.6) is 0 Å². The maximum atomic E-state index is 13.9. The zero-order valence-corrected chi connectivity index (χ0v) is 15.9. The standard InChI is InChI=1S/C16H20ClFN4O2S/c1-4-24-15(23)8-14-19-22(16(25)21(14)3)10-20(2)9-11-12(17)6-5-7-13(11)18/h5-7H,4,8-10H2,1-3H3. The van der Waals surface area contributed by atoms with Crippen molar-refractivity contribution in [1.82, 2.24) is 19.2 Å². The summed E-state index contributed by atoms with van der Waals surface area (Å²) in [6.45, 7) is 2.70. The molecule has 0 atom stereocenters. The van der Waals surface area contributed by atoms with Crippen molar-refractivity contribution in [3.63, 3.8) is 0 Å². The van der Waals surface area contributed by atoms with E-state index in [-0.39, 0.29) is 18.2 Å². The molecule has 0 amide bonds. The van der Waals surface area contributed by atoms with Gasteiger partial charge in [0.25, 0.3) is 0 Å². The van der Waals surface area contributed by atoms with Crippen molar-refractivity contribution in [3.05, 3.63) is 45.2 Å². The molecule has 1 aromatic heterocycles. The highest BCUT2D eigenvalue weighted by Crippen LogP contribution is 2.20. The van der Waals surface area contributed by atoms with Crippen molar-refractivity contribution < 1.29 is 13.9 Å². The maximum Gasteiger partial charge on any atom is 0.313 e. The molecule has 1 aromatic carbocycles. The van der Waals surface area contributed by atoms with Crippen molar-refractivity contribution in [2.45, 2.75) is 26.6 Å². The molecule has 0 spiro atoms. The number of carbonyl (C=O) groups excluding carboxylic acids is 1. The van der Waals surface area contributed by atoms with Crippen LogP contribution in [0.15, 0.2) is 18.2 Å². The predicted octanol–water partition coefficient (Wildman–Crippen LogP) is 2.94. The Balaban J connectivity index is 2.12. The van der Waals surface area contributed by atoms with Crippen molar-refractivity contribution in [1.29, 1.82) is 0 Å². The van der Waals surface area contributed by atoms with Crippen LogP contribution in [0.25, 0.3) is 0 Å². The molecule has 25 heavy (non-hydrogen) atoms. The number of ether oxygens (including phenoxy) is 1. The van der Waals surface area contributed by atoms with Gasteiger partial charge in [-0.2, -0.15) is 5.10 Å². The Kier molecular flexibility index (Phi) is 6.69. The summed E-state index contributed by atoms with van der Waals surface area (Å²) < 4.78 is 22.5. The minimum absolute atomic E-state index is 0.0455. The van der Waals surface area contributed by atoms with Crippen LogP contribution in [-0.2, 0) is 36.2 Å².